The number of rotatable bonds is 11. The van der Waals surface area contributed by atoms with Crippen molar-refractivity contribution in [3.05, 3.63) is 84.5 Å². The van der Waals surface area contributed by atoms with E-state index in [1.807, 2.05) is 54.0 Å². The Labute approximate surface area is 236 Å². The number of nitrogens with zero attached hydrogens (tertiary/aromatic N) is 5. The van der Waals surface area contributed by atoms with Gasteiger partial charge in [0.25, 0.3) is 0 Å². The molecule has 0 spiro atoms. The highest BCUT2D eigenvalue weighted by Gasteiger charge is 2.35. The van der Waals surface area contributed by atoms with Gasteiger partial charge in [-0.2, -0.15) is 0 Å². The number of carbonyl (C=O) groups is 1. The van der Waals surface area contributed by atoms with Crippen molar-refractivity contribution < 1.29 is 24.1 Å². The molecule has 3 heterocycles. The SMILES string of the molecule is CCN=C(N)Nc1ncnc2c1ncn2CC1O[C@@H](/C=C/c2ccccc2)OC1CCOc1ccccc1C(=O)O. The highest BCUT2D eigenvalue weighted by molar-refractivity contribution is 5.97. The number of carboxylic acid groups (broad SMARTS) is 1. The van der Waals surface area contributed by atoms with Crippen LogP contribution in [0, 0.1) is 0 Å². The molecule has 4 N–H and O–H groups in total. The van der Waals surface area contributed by atoms with E-state index in [9.17, 15) is 9.90 Å². The summed E-state index contributed by atoms with van der Waals surface area (Å²) in [6.45, 7) is 3.06. The Balaban J connectivity index is 1.33. The molecule has 12 heteroatoms. The molecule has 5 rings (SSSR count). The van der Waals surface area contributed by atoms with Crippen molar-refractivity contribution in [1.29, 1.82) is 0 Å². The predicted octanol–water partition coefficient (Wildman–Crippen LogP) is 3.56. The summed E-state index contributed by atoms with van der Waals surface area (Å²) in [7, 11) is 0. The first-order chi connectivity index (χ1) is 20.0. The Bertz CT molecular complexity index is 1540. The standard InChI is InChI=1S/C29H31N7O5/c1-2-31-29(30)35-26-25-27(33-17-32-26)36(18-34-25)16-23-22(14-15-39-21-11-7-6-10-20(21)28(37)38)40-24(41-23)13-12-19-8-4-3-5-9-19/h3-13,17-18,22-24H,2,14-16H2,1H3,(H,37,38)(H3,30,31,32,33,35)/b13-12+/t22?,23?,24-/m0/s1. The number of ether oxygens (including phenoxy) is 3. The summed E-state index contributed by atoms with van der Waals surface area (Å²) in [6, 6.07) is 16.4. The van der Waals surface area contributed by atoms with Gasteiger partial charge < -0.3 is 34.9 Å². The fourth-order valence-electron chi connectivity index (χ4n) is 4.50. The molecule has 0 bridgehead atoms. The Kier molecular flexibility index (Phi) is 8.82. The minimum absolute atomic E-state index is 0.106. The topological polar surface area (TPSA) is 159 Å². The minimum atomic E-state index is -1.05. The van der Waals surface area contributed by atoms with E-state index in [1.165, 1.54) is 12.4 Å². The number of anilines is 1. The van der Waals surface area contributed by atoms with Gasteiger partial charge >= 0.3 is 5.97 Å². The maximum Gasteiger partial charge on any atom is 0.339 e. The molecule has 0 aliphatic carbocycles. The highest BCUT2D eigenvalue weighted by atomic mass is 16.7. The van der Waals surface area contributed by atoms with Gasteiger partial charge in [-0.15, -0.1) is 0 Å². The fourth-order valence-corrected chi connectivity index (χ4v) is 4.50. The third kappa shape index (κ3) is 6.86. The maximum atomic E-state index is 11.6. The van der Waals surface area contributed by atoms with Crippen LogP contribution >= 0.6 is 0 Å². The summed E-state index contributed by atoms with van der Waals surface area (Å²) in [5, 5.41) is 12.4. The van der Waals surface area contributed by atoms with E-state index in [4.69, 9.17) is 19.9 Å². The van der Waals surface area contributed by atoms with Gasteiger partial charge in [-0.1, -0.05) is 48.5 Å². The van der Waals surface area contributed by atoms with Gasteiger partial charge in [0.1, 0.15) is 23.7 Å². The molecule has 2 aromatic carbocycles. The number of nitrogens with two attached hydrogens (primary N) is 1. The monoisotopic (exact) mass is 557 g/mol. The van der Waals surface area contributed by atoms with E-state index in [2.05, 4.69) is 25.3 Å². The molecule has 212 valence electrons. The van der Waals surface area contributed by atoms with Crippen LogP contribution in [0.25, 0.3) is 17.2 Å². The molecule has 0 amide bonds. The number of aromatic carboxylic acids is 1. The highest BCUT2D eigenvalue weighted by Crippen LogP contribution is 2.27. The summed E-state index contributed by atoms with van der Waals surface area (Å²) >= 11 is 0. The Morgan fingerprint density at radius 1 is 1.12 bits per heavy atom. The molecule has 12 nitrogen and oxygen atoms in total. The molecule has 1 aliphatic heterocycles. The molecular formula is C29H31N7O5. The van der Waals surface area contributed by atoms with Crippen LogP contribution in [0.15, 0.2) is 78.3 Å². The number of aromatic nitrogens is 4. The van der Waals surface area contributed by atoms with Gasteiger partial charge in [-0.3, -0.25) is 4.99 Å². The number of carboxylic acids is 1. The number of hydrogen-bond acceptors (Lipinski definition) is 8. The zero-order valence-electron chi connectivity index (χ0n) is 22.5. The number of imidazole rings is 1. The number of para-hydroxylation sites is 1. The van der Waals surface area contributed by atoms with Crippen LogP contribution in [0.5, 0.6) is 5.75 Å². The molecule has 41 heavy (non-hydrogen) atoms. The zero-order valence-corrected chi connectivity index (χ0v) is 22.5. The molecule has 2 unspecified atom stereocenters. The van der Waals surface area contributed by atoms with Crippen LogP contribution in [0.3, 0.4) is 0 Å². The van der Waals surface area contributed by atoms with E-state index < -0.39 is 12.3 Å². The van der Waals surface area contributed by atoms with Gasteiger partial charge in [0, 0.05) is 13.0 Å². The van der Waals surface area contributed by atoms with Gasteiger partial charge in [-0.25, -0.2) is 19.7 Å². The molecular weight excluding hydrogens is 526 g/mol. The summed E-state index contributed by atoms with van der Waals surface area (Å²) in [6.07, 6.45) is 6.10. The van der Waals surface area contributed by atoms with Crippen molar-refractivity contribution in [1.82, 2.24) is 19.5 Å². The van der Waals surface area contributed by atoms with E-state index in [0.717, 1.165) is 5.56 Å². The summed E-state index contributed by atoms with van der Waals surface area (Å²) < 4.78 is 20.3. The molecule has 1 aliphatic rings. The second kappa shape index (κ2) is 13.0. The van der Waals surface area contributed by atoms with E-state index >= 15 is 0 Å². The molecule has 1 fully saturated rings. The molecule has 4 aromatic rings. The predicted molar refractivity (Wildman–Crippen MR) is 154 cm³/mol. The van der Waals surface area contributed by atoms with Crippen LogP contribution in [-0.2, 0) is 16.0 Å². The number of fused-ring (bicyclic) bond motifs is 1. The number of benzene rings is 2. The first-order valence-corrected chi connectivity index (χ1v) is 13.2. The van der Waals surface area contributed by atoms with E-state index in [1.54, 1.807) is 24.5 Å². The molecule has 3 atom stereocenters. The van der Waals surface area contributed by atoms with Crippen molar-refractivity contribution in [2.75, 3.05) is 18.5 Å². The Morgan fingerprint density at radius 3 is 2.71 bits per heavy atom. The molecule has 1 saturated heterocycles. The molecule has 0 saturated carbocycles. The number of hydrogen-bond donors (Lipinski definition) is 3. The maximum absolute atomic E-state index is 11.6. The fraction of sp³-hybridized carbons (Fsp3) is 0.276. The largest absolute Gasteiger partial charge is 0.493 e. The zero-order chi connectivity index (χ0) is 28.6. The van der Waals surface area contributed by atoms with Crippen LogP contribution < -0.4 is 15.8 Å². The summed E-state index contributed by atoms with van der Waals surface area (Å²) in [5.41, 5.74) is 8.20. The third-order valence-corrected chi connectivity index (χ3v) is 6.41. The normalized spacial score (nSPS) is 19.1. The van der Waals surface area contributed by atoms with E-state index in [-0.39, 0.29) is 30.3 Å². The van der Waals surface area contributed by atoms with Gasteiger partial charge in [0.05, 0.1) is 25.6 Å². The Morgan fingerprint density at radius 2 is 1.90 bits per heavy atom. The average molecular weight is 558 g/mol. The number of nitrogens with one attached hydrogen (secondary N) is 1. The second-order valence-electron chi connectivity index (χ2n) is 9.20. The second-order valence-corrected chi connectivity index (χ2v) is 9.20. The minimum Gasteiger partial charge on any atom is -0.493 e. The number of guanidine groups is 1. The first kappa shape index (κ1) is 27.7. The third-order valence-electron chi connectivity index (χ3n) is 6.41. The Hall–Kier alpha value is -4.81. The molecule has 2 aromatic heterocycles. The lowest BCUT2D eigenvalue weighted by Gasteiger charge is -2.18. The van der Waals surface area contributed by atoms with Gasteiger partial charge in [-0.05, 0) is 30.7 Å². The van der Waals surface area contributed by atoms with Crippen molar-refractivity contribution >= 4 is 35.0 Å². The van der Waals surface area contributed by atoms with Crippen LogP contribution in [0.4, 0.5) is 5.82 Å². The lowest BCUT2D eigenvalue weighted by Crippen LogP contribution is -2.29. The van der Waals surface area contributed by atoms with Crippen molar-refractivity contribution in [2.24, 2.45) is 10.7 Å². The van der Waals surface area contributed by atoms with Crippen molar-refractivity contribution in [3.63, 3.8) is 0 Å². The van der Waals surface area contributed by atoms with Crippen molar-refractivity contribution in [2.45, 2.75) is 38.4 Å². The lowest BCUT2D eigenvalue weighted by atomic mass is 10.1. The van der Waals surface area contributed by atoms with Crippen LogP contribution in [0.1, 0.15) is 29.3 Å². The lowest BCUT2D eigenvalue weighted by molar-refractivity contribution is -0.0309. The summed E-state index contributed by atoms with van der Waals surface area (Å²) in [4.78, 5) is 28.9. The quantitative estimate of drug-likeness (QED) is 0.184. The summed E-state index contributed by atoms with van der Waals surface area (Å²) in [5.74, 6) is -0.0419. The smallest absolute Gasteiger partial charge is 0.339 e. The van der Waals surface area contributed by atoms with Gasteiger partial charge in [0.15, 0.2) is 29.2 Å². The van der Waals surface area contributed by atoms with Crippen LogP contribution in [0.2, 0.25) is 0 Å². The average Bonchev–Trinajstić information content (AvgIpc) is 3.57. The molecule has 0 radical (unpaired) electrons. The van der Waals surface area contributed by atoms with Crippen LogP contribution in [-0.4, -0.2) is 68.2 Å². The van der Waals surface area contributed by atoms with Gasteiger partial charge in [0.2, 0.25) is 0 Å². The first-order valence-electron chi connectivity index (χ1n) is 13.2. The number of aliphatic imine (C=N–C) groups is 1. The van der Waals surface area contributed by atoms with E-state index in [0.29, 0.717) is 42.2 Å². The van der Waals surface area contributed by atoms with Crippen molar-refractivity contribution in [3.8, 4) is 5.75 Å².